The predicted molar refractivity (Wildman–Crippen MR) is 97.1 cm³/mol. The molecule has 0 radical (unpaired) electrons. The van der Waals surface area contributed by atoms with E-state index in [4.69, 9.17) is 23.2 Å². The van der Waals surface area contributed by atoms with Crippen LogP contribution in [-0.2, 0) is 4.79 Å². The summed E-state index contributed by atoms with van der Waals surface area (Å²) < 4.78 is 14.2. The number of aliphatic carboxylic acids is 1. The van der Waals surface area contributed by atoms with E-state index in [0.29, 0.717) is 21.7 Å². The van der Waals surface area contributed by atoms with E-state index in [0.717, 1.165) is 0 Å². The van der Waals surface area contributed by atoms with Crippen LogP contribution in [-0.4, -0.2) is 28.4 Å². The van der Waals surface area contributed by atoms with Crippen molar-refractivity contribution in [3.8, 4) is 11.1 Å². The standard InChI is InChI=1S/C19H17Cl2FO4/c20-11-7-16(15-3-1-2-4-18(15)22)14(17(21)8-11)6-5-12(23)9-13(24)10-19(25)26/h1-8,12-13,23-24H,9-10H2,(H,25,26)/p-1/b6-5+. The fourth-order valence-corrected chi connectivity index (χ4v) is 3.05. The molecule has 0 amide bonds. The lowest BCUT2D eigenvalue weighted by Crippen LogP contribution is -2.29. The third-order valence-corrected chi connectivity index (χ3v) is 4.19. The molecule has 0 saturated heterocycles. The normalized spacial score (nSPS) is 13.7. The number of carboxylic acid groups (broad SMARTS) is 1. The van der Waals surface area contributed by atoms with Gasteiger partial charge in [-0.05, 0) is 23.8 Å². The van der Waals surface area contributed by atoms with Gasteiger partial charge in [0, 0.05) is 40.0 Å². The Labute approximate surface area is 160 Å². The molecule has 0 aromatic heterocycles. The molecule has 2 atom stereocenters. The Morgan fingerprint density at radius 2 is 1.88 bits per heavy atom. The summed E-state index contributed by atoms with van der Waals surface area (Å²) in [6.07, 6.45) is -0.303. The Bertz CT molecular complexity index is 823. The van der Waals surface area contributed by atoms with E-state index < -0.39 is 30.4 Å². The van der Waals surface area contributed by atoms with E-state index in [9.17, 15) is 24.5 Å². The highest BCUT2D eigenvalue weighted by Gasteiger charge is 2.14. The molecular weight excluding hydrogens is 382 g/mol. The lowest BCUT2D eigenvalue weighted by atomic mass is 9.98. The number of rotatable bonds is 7. The van der Waals surface area contributed by atoms with Crippen LogP contribution in [0.25, 0.3) is 17.2 Å². The molecule has 2 N–H and O–H groups in total. The number of carboxylic acids is 1. The first-order valence-electron chi connectivity index (χ1n) is 7.76. The van der Waals surface area contributed by atoms with Gasteiger partial charge in [-0.3, -0.25) is 0 Å². The van der Waals surface area contributed by atoms with Gasteiger partial charge in [0.15, 0.2) is 0 Å². The van der Waals surface area contributed by atoms with E-state index in [-0.39, 0.29) is 11.4 Å². The fraction of sp³-hybridized carbons (Fsp3) is 0.211. The Morgan fingerprint density at radius 3 is 2.54 bits per heavy atom. The molecule has 0 aliphatic carbocycles. The van der Waals surface area contributed by atoms with Crippen molar-refractivity contribution >= 4 is 35.2 Å². The number of aliphatic hydroxyl groups is 2. The third-order valence-electron chi connectivity index (χ3n) is 3.66. The second-order valence-corrected chi connectivity index (χ2v) is 6.56. The van der Waals surface area contributed by atoms with Crippen LogP contribution in [0.4, 0.5) is 4.39 Å². The molecule has 2 aromatic carbocycles. The minimum atomic E-state index is -1.41. The molecule has 0 aliphatic heterocycles. The topological polar surface area (TPSA) is 80.6 Å². The van der Waals surface area contributed by atoms with Crippen LogP contribution in [0.2, 0.25) is 10.0 Å². The van der Waals surface area contributed by atoms with Crippen LogP contribution in [0.5, 0.6) is 0 Å². The van der Waals surface area contributed by atoms with Crippen LogP contribution >= 0.6 is 23.2 Å². The molecule has 2 rings (SSSR count). The number of carbonyl (C=O) groups excluding carboxylic acids is 1. The predicted octanol–water partition coefficient (Wildman–Crippen LogP) is 3.06. The molecule has 4 nitrogen and oxygen atoms in total. The number of carbonyl (C=O) groups is 1. The smallest absolute Gasteiger partial charge is 0.131 e. The van der Waals surface area contributed by atoms with Gasteiger partial charge < -0.3 is 20.1 Å². The lowest BCUT2D eigenvalue weighted by Gasteiger charge is -2.14. The maximum Gasteiger partial charge on any atom is 0.131 e. The minimum absolute atomic E-state index is 0.190. The summed E-state index contributed by atoms with van der Waals surface area (Å²) in [5, 5.41) is 30.5. The van der Waals surface area contributed by atoms with Gasteiger partial charge in [-0.25, -0.2) is 4.39 Å². The molecular formula is C19H16Cl2FO4-. The minimum Gasteiger partial charge on any atom is -0.550 e. The highest BCUT2D eigenvalue weighted by Crippen LogP contribution is 2.35. The van der Waals surface area contributed by atoms with Crippen molar-refractivity contribution in [3.63, 3.8) is 0 Å². The third kappa shape index (κ3) is 5.54. The maximum atomic E-state index is 14.2. The van der Waals surface area contributed by atoms with Crippen molar-refractivity contribution in [2.45, 2.75) is 25.0 Å². The van der Waals surface area contributed by atoms with Crippen molar-refractivity contribution in [1.29, 1.82) is 0 Å². The number of halogens is 3. The SMILES string of the molecule is O=C([O-])CC(O)CC(O)/C=C/c1c(Cl)cc(Cl)cc1-c1ccccc1F. The average molecular weight is 398 g/mol. The molecule has 0 heterocycles. The zero-order valence-electron chi connectivity index (χ0n) is 13.5. The van der Waals surface area contributed by atoms with E-state index in [1.807, 2.05) is 0 Å². The van der Waals surface area contributed by atoms with Gasteiger partial charge in [0.05, 0.1) is 12.2 Å². The van der Waals surface area contributed by atoms with Crippen LogP contribution in [0.15, 0.2) is 42.5 Å². The molecule has 0 saturated carbocycles. The summed E-state index contributed by atoms with van der Waals surface area (Å²) in [7, 11) is 0. The van der Waals surface area contributed by atoms with Crippen molar-refractivity contribution in [2.75, 3.05) is 0 Å². The highest BCUT2D eigenvalue weighted by atomic mass is 35.5. The highest BCUT2D eigenvalue weighted by molar-refractivity contribution is 6.36. The Morgan fingerprint density at radius 1 is 1.19 bits per heavy atom. The van der Waals surface area contributed by atoms with Crippen LogP contribution in [0.1, 0.15) is 18.4 Å². The van der Waals surface area contributed by atoms with E-state index >= 15 is 0 Å². The first-order chi connectivity index (χ1) is 12.3. The lowest BCUT2D eigenvalue weighted by molar-refractivity contribution is -0.307. The van der Waals surface area contributed by atoms with Gasteiger partial charge in [0.25, 0.3) is 0 Å². The number of benzene rings is 2. The van der Waals surface area contributed by atoms with Crippen molar-refractivity contribution in [2.24, 2.45) is 0 Å². The van der Waals surface area contributed by atoms with Gasteiger partial charge >= 0.3 is 0 Å². The zero-order chi connectivity index (χ0) is 19.3. The molecule has 0 bridgehead atoms. The molecule has 138 valence electrons. The zero-order valence-corrected chi connectivity index (χ0v) is 15.0. The second-order valence-electron chi connectivity index (χ2n) is 5.72. The van der Waals surface area contributed by atoms with Crippen molar-refractivity contribution < 1.29 is 24.5 Å². The molecule has 7 heteroatoms. The van der Waals surface area contributed by atoms with E-state index in [1.165, 1.54) is 24.3 Å². The van der Waals surface area contributed by atoms with Crippen LogP contribution in [0, 0.1) is 5.82 Å². The number of hydrogen-bond donors (Lipinski definition) is 2. The Kier molecular flexibility index (Phi) is 7.17. The quantitative estimate of drug-likeness (QED) is 0.752. The Balaban J connectivity index is 2.32. The maximum absolute atomic E-state index is 14.2. The first kappa shape index (κ1) is 20.4. The largest absolute Gasteiger partial charge is 0.550 e. The monoisotopic (exact) mass is 397 g/mol. The van der Waals surface area contributed by atoms with Gasteiger partial charge in [0.1, 0.15) is 5.82 Å². The van der Waals surface area contributed by atoms with Gasteiger partial charge in [0.2, 0.25) is 0 Å². The molecule has 2 unspecified atom stereocenters. The average Bonchev–Trinajstić information content (AvgIpc) is 2.53. The summed E-state index contributed by atoms with van der Waals surface area (Å²) in [6.45, 7) is 0. The van der Waals surface area contributed by atoms with Crippen molar-refractivity contribution in [1.82, 2.24) is 0 Å². The molecule has 0 fully saturated rings. The summed E-state index contributed by atoms with van der Waals surface area (Å²) in [4.78, 5) is 10.4. The molecule has 0 spiro atoms. The number of hydrogen-bond acceptors (Lipinski definition) is 4. The van der Waals surface area contributed by atoms with E-state index in [2.05, 4.69) is 0 Å². The summed E-state index contributed by atoms with van der Waals surface area (Å²) in [5.74, 6) is -1.86. The second kappa shape index (κ2) is 9.14. The summed E-state index contributed by atoms with van der Waals surface area (Å²) >= 11 is 12.2. The van der Waals surface area contributed by atoms with E-state index in [1.54, 1.807) is 24.3 Å². The Hall–Kier alpha value is -1.92. The van der Waals surface area contributed by atoms with Crippen molar-refractivity contribution in [3.05, 3.63) is 63.9 Å². The van der Waals surface area contributed by atoms with Gasteiger partial charge in [-0.2, -0.15) is 0 Å². The van der Waals surface area contributed by atoms with Crippen LogP contribution < -0.4 is 5.11 Å². The first-order valence-corrected chi connectivity index (χ1v) is 8.51. The molecule has 0 aliphatic rings. The molecule has 26 heavy (non-hydrogen) atoms. The van der Waals surface area contributed by atoms with Crippen LogP contribution in [0.3, 0.4) is 0 Å². The fourth-order valence-electron chi connectivity index (χ4n) is 2.50. The molecule has 2 aromatic rings. The number of aliphatic hydroxyl groups excluding tert-OH is 2. The summed E-state index contributed by atoms with van der Waals surface area (Å²) in [6, 6.07) is 9.17. The summed E-state index contributed by atoms with van der Waals surface area (Å²) in [5.41, 5.74) is 1.18. The van der Waals surface area contributed by atoms with Gasteiger partial charge in [-0.15, -0.1) is 0 Å². The van der Waals surface area contributed by atoms with Gasteiger partial charge in [-0.1, -0.05) is 53.6 Å².